The summed E-state index contributed by atoms with van der Waals surface area (Å²) in [7, 11) is 4.31. The van der Waals surface area contributed by atoms with Crippen LogP contribution < -0.4 is 28.9 Å². The van der Waals surface area contributed by atoms with E-state index in [0.717, 1.165) is 29.6 Å². The van der Waals surface area contributed by atoms with Gasteiger partial charge < -0.3 is 58.4 Å². The number of aryl methyl sites for hydroxylation is 1. The van der Waals surface area contributed by atoms with E-state index in [4.69, 9.17) is 28.4 Å². The number of pyridine rings is 2. The molecule has 3 aliphatic carbocycles. The summed E-state index contributed by atoms with van der Waals surface area (Å²) in [4.78, 5) is 52.1. The van der Waals surface area contributed by atoms with Crippen molar-refractivity contribution in [2.75, 3.05) is 115 Å². The van der Waals surface area contributed by atoms with Gasteiger partial charge in [0.05, 0.1) is 95.0 Å². The number of methoxy groups -OCH3 is 3. The number of halogens is 21. The minimum absolute atomic E-state index is 0.0364. The predicted molar refractivity (Wildman–Crippen MR) is 346 cm³/mol. The third-order valence-corrected chi connectivity index (χ3v) is 19.9. The fourth-order valence-electron chi connectivity index (χ4n) is 14.2. The van der Waals surface area contributed by atoms with E-state index in [9.17, 15) is 122 Å². The lowest BCUT2D eigenvalue weighted by Gasteiger charge is -2.34. The fourth-order valence-corrected chi connectivity index (χ4v) is 14.2. The number of hydrogen-bond donors (Lipinski definition) is 3. The molecule has 2 aromatic heterocycles. The van der Waals surface area contributed by atoms with E-state index in [1.165, 1.54) is 40.4 Å². The molecule has 3 saturated heterocycles. The molecule has 3 atom stereocenters. The molecular formula is C72H68F21N5O12. The summed E-state index contributed by atoms with van der Waals surface area (Å²) in [5.74, 6) is -2.73. The van der Waals surface area contributed by atoms with Crippen molar-refractivity contribution < 1.29 is 150 Å². The molecule has 0 radical (unpaired) electrons. The number of carbonyl (C=O) groups excluding carboxylic acids is 3. The first-order valence-electron chi connectivity index (χ1n) is 33.6. The highest BCUT2D eigenvalue weighted by Crippen LogP contribution is 2.55. The molecule has 0 spiro atoms. The number of nitrogens with zero attached hydrogens (tertiary/aromatic N) is 5. The van der Waals surface area contributed by atoms with Gasteiger partial charge >= 0.3 is 43.2 Å². The monoisotopic (exact) mass is 1590 g/mol. The Morgan fingerprint density at radius 2 is 0.800 bits per heavy atom. The summed E-state index contributed by atoms with van der Waals surface area (Å²) < 4.78 is 314. The lowest BCUT2D eigenvalue weighted by molar-refractivity contribution is -0.377. The minimum atomic E-state index is -6.39. The normalized spacial score (nSPS) is 19.0. The standard InChI is InChI=1S/C25H25F6NO4.C24H21F9N2O4.C23H22F6N2O4/c1-14-3-4-19(23(34,24(26,27)28)25(29,30)31)16(9-14)11-17-10-15-12-20(32-5-7-36-8-6-32)21(35-2)13-18(15)22(17)33;1-38-19-10-15-12(8-18(19)35-2-4-39-5-3-35)6-13(20(15)36)7-17-16(22(25,26)27)9-14(11-34-17)21(37,23(28,29)30)24(31,32)33;1-34-18-12-16-13(11-17(18)31-5-7-35-8-6-31)9-14(20(16)32)10-15-3-2-4-19(30-15)21(33,22(24,25)26)23(27,28)29/h3-4,9,12-13,17,34H,5-8,10-11H2,1-2H3;8-11,13,37H,2-7H2,1H3;2-4,11-12,14,33H,5-10H2,1H3. The van der Waals surface area contributed by atoms with Gasteiger partial charge in [-0.25, -0.2) is 0 Å². The Kier molecular flexibility index (Phi) is 23.7. The molecule has 6 aromatic rings. The zero-order valence-electron chi connectivity index (χ0n) is 58.2. The highest BCUT2D eigenvalue weighted by atomic mass is 19.4. The van der Waals surface area contributed by atoms with Crippen LogP contribution in [0.2, 0.25) is 0 Å². The van der Waals surface area contributed by atoms with Crippen molar-refractivity contribution in [3.05, 3.63) is 163 Å². The van der Waals surface area contributed by atoms with E-state index >= 15 is 0 Å². The van der Waals surface area contributed by atoms with Crippen molar-refractivity contribution in [2.24, 2.45) is 17.8 Å². The molecule has 5 heterocycles. The predicted octanol–water partition coefficient (Wildman–Crippen LogP) is 13.4. The summed E-state index contributed by atoms with van der Waals surface area (Å²) in [6.07, 6.45) is -43.4. The van der Waals surface area contributed by atoms with E-state index in [2.05, 4.69) is 14.9 Å². The summed E-state index contributed by atoms with van der Waals surface area (Å²) in [6, 6.07) is 15.0. The number of morpholine rings is 3. The number of benzene rings is 4. The lowest BCUT2D eigenvalue weighted by Crippen LogP contribution is -2.54. The number of rotatable bonds is 15. The molecule has 110 heavy (non-hydrogen) atoms. The quantitative estimate of drug-likeness (QED) is 0.0818. The number of ketones is 3. The first kappa shape index (κ1) is 83.7. The molecule has 17 nitrogen and oxygen atoms in total. The molecular weight excluding hydrogens is 1530 g/mol. The van der Waals surface area contributed by atoms with E-state index in [0.29, 0.717) is 147 Å². The smallest absolute Gasteiger partial charge is 0.432 e. The van der Waals surface area contributed by atoms with Gasteiger partial charge in [0.15, 0.2) is 17.3 Å². The number of ether oxygens (including phenoxy) is 6. The van der Waals surface area contributed by atoms with Gasteiger partial charge in [-0.15, -0.1) is 0 Å². The van der Waals surface area contributed by atoms with Gasteiger partial charge in [-0.1, -0.05) is 29.8 Å². The largest absolute Gasteiger partial charge is 0.495 e. The Labute approximate surface area is 611 Å². The van der Waals surface area contributed by atoms with E-state index in [1.807, 2.05) is 15.9 Å². The molecule has 3 fully saturated rings. The third kappa shape index (κ3) is 16.2. The molecule has 0 saturated carbocycles. The van der Waals surface area contributed by atoms with Crippen LogP contribution in [0.15, 0.2) is 85.1 Å². The van der Waals surface area contributed by atoms with Crippen LogP contribution in [0, 0.1) is 24.7 Å². The first-order chi connectivity index (χ1) is 51.1. The Hall–Kier alpha value is -8.72. The number of carbonyl (C=O) groups is 3. The van der Waals surface area contributed by atoms with Crippen LogP contribution in [-0.2, 0) is 75.7 Å². The van der Waals surface area contributed by atoms with Gasteiger partial charge in [-0.05, 0) is 109 Å². The van der Waals surface area contributed by atoms with Gasteiger partial charge in [0.25, 0.3) is 16.8 Å². The Bertz CT molecular complexity index is 4350. The molecule has 6 aliphatic rings. The topological polar surface area (TPSA) is 203 Å². The number of fused-ring (bicyclic) bond motifs is 3. The number of aliphatic hydroxyl groups is 3. The maximum atomic E-state index is 13.8. The highest BCUT2D eigenvalue weighted by Gasteiger charge is 2.74. The summed E-state index contributed by atoms with van der Waals surface area (Å²) >= 11 is 0. The highest BCUT2D eigenvalue weighted by molar-refractivity contribution is 6.05. The molecule has 3 aliphatic heterocycles. The van der Waals surface area contributed by atoms with Crippen molar-refractivity contribution in [2.45, 2.75) is 105 Å². The SMILES string of the molecule is COc1cc2c(cc1N1CCOCC1)CC(Cc1cc(C)ccc1C(O)(C(F)(F)F)C(F)(F)F)C2=O.COc1cc2c(cc1N1CCOCC1)CC(Cc1cccc(C(O)(C(F)(F)F)C(F)(F)F)n1)C2=O.COc1cc2c(cc1N1CCOCC1)CC(Cc1ncc(C(O)(C(F)(F)F)C(F)(F)F)cc1C(F)(F)F)C2=O. The number of anilines is 3. The van der Waals surface area contributed by atoms with Gasteiger partial charge in [-0.3, -0.25) is 24.4 Å². The molecule has 4 aromatic carbocycles. The summed E-state index contributed by atoms with van der Waals surface area (Å²) in [5.41, 5.74) is -18.9. The maximum absolute atomic E-state index is 13.8. The van der Waals surface area contributed by atoms with Crippen LogP contribution in [0.3, 0.4) is 0 Å². The van der Waals surface area contributed by atoms with Gasteiger partial charge in [-0.2, -0.15) is 92.2 Å². The zero-order chi connectivity index (χ0) is 81.0. The molecule has 3 unspecified atom stereocenters. The number of aromatic nitrogens is 2. The van der Waals surface area contributed by atoms with Crippen molar-refractivity contribution >= 4 is 34.4 Å². The molecule has 0 bridgehead atoms. The van der Waals surface area contributed by atoms with Crippen LogP contribution in [-0.4, -0.2) is 180 Å². The summed E-state index contributed by atoms with van der Waals surface area (Å²) in [6.45, 7) is 8.02. The second-order valence-corrected chi connectivity index (χ2v) is 26.8. The average Bonchev–Trinajstić information content (AvgIpc) is 0.879. The molecule has 3 N–H and O–H groups in total. The Balaban J connectivity index is 0.000000176. The van der Waals surface area contributed by atoms with Crippen LogP contribution in [0.4, 0.5) is 109 Å². The minimum Gasteiger partial charge on any atom is -0.495 e. The van der Waals surface area contributed by atoms with Gasteiger partial charge in [0, 0.05) is 110 Å². The number of Topliss-reactive ketones (excluding diaryl/α,β-unsaturated/α-hetero) is 3. The molecule has 0 amide bonds. The summed E-state index contributed by atoms with van der Waals surface area (Å²) in [5, 5.41) is 29.2. The Morgan fingerprint density at radius 1 is 0.436 bits per heavy atom. The van der Waals surface area contributed by atoms with Crippen LogP contribution in [0.5, 0.6) is 17.2 Å². The van der Waals surface area contributed by atoms with Crippen LogP contribution in [0.25, 0.3) is 0 Å². The van der Waals surface area contributed by atoms with Crippen molar-refractivity contribution in [3.63, 3.8) is 0 Å². The van der Waals surface area contributed by atoms with Crippen molar-refractivity contribution in [1.29, 1.82) is 0 Å². The number of alkyl halides is 21. The van der Waals surface area contributed by atoms with E-state index in [-0.39, 0.29) is 54.5 Å². The van der Waals surface area contributed by atoms with Crippen molar-refractivity contribution in [3.8, 4) is 17.2 Å². The molecule has 38 heteroatoms. The first-order valence-corrected chi connectivity index (χ1v) is 33.6. The fraction of sp³-hybridized carbons (Fsp3) is 0.486. The second kappa shape index (κ2) is 31.1. The van der Waals surface area contributed by atoms with Crippen LogP contribution >= 0.6 is 0 Å². The number of hydrogen-bond acceptors (Lipinski definition) is 17. The average molecular weight is 1590 g/mol. The van der Waals surface area contributed by atoms with Gasteiger partial charge in [0.2, 0.25) is 0 Å². The lowest BCUT2D eigenvalue weighted by atomic mass is 9.83. The molecule has 12 rings (SSSR count). The van der Waals surface area contributed by atoms with Gasteiger partial charge in [0.1, 0.15) is 17.2 Å². The second-order valence-electron chi connectivity index (χ2n) is 26.8. The van der Waals surface area contributed by atoms with E-state index in [1.54, 1.807) is 24.3 Å². The van der Waals surface area contributed by atoms with Crippen LogP contribution in [0.1, 0.15) is 92.7 Å². The third-order valence-electron chi connectivity index (χ3n) is 19.9. The Morgan fingerprint density at radius 3 is 1.15 bits per heavy atom. The molecule has 600 valence electrons. The van der Waals surface area contributed by atoms with Crippen molar-refractivity contribution in [1.82, 2.24) is 9.97 Å². The van der Waals surface area contributed by atoms with E-state index < -0.39 is 136 Å². The maximum Gasteiger partial charge on any atom is 0.432 e. The zero-order valence-corrected chi connectivity index (χ0v) is 58.2.